The molecule has 1 amide bonds. The number of amides is 1. The lowest BCUT2D eigenvalue weighted by molar-refractivity contribution is -0.119. The highest BCUT2D eigenvalue weighted by atomic mass is 16.2. The van der Waals surface area contributed by atoms with Gasteiger partial charge in [0, 0.05) is 30.2 Å². The van der Waals surface area contributed by atoms with E-state index in [2.05, 4.69) is 15.6 Å². The smallest absolute Gasteiger partial charge is 0.239 e. The van der Waals surface area contributed by atoms with E-state index < -0.39 is 0 Å². The van der Waals surface area contributed by atoms with Gasteiger partial charge in [-0.05, 0) is 36.8 Å². The third-order valence-electron chi connectivity index (χ3n) is 2.96. The molecule has 1 aromatic heterocycles. The number of hydrogen-bond acceptors (Lipinski definition) is 4. The molecule has 21 heavy (non-hydrogen) atoms. The van der Waals surface area contributed by atoms with Crippen LogP contribution < -0.4 is 10.6 Å². The average Bonchev–Trinajstić information content (AvgIpc) is 2.52. The fourth-order valence-electron chi connectivity index (χ4n) is 1.79. The van der Waals surface area contributed by atoms with Crippen LogP contribution in [0.5, 0.6) is 0 Å². The Balaban J connectivity index is 1.81. The van der Waals surface area contributed by atoms with Crippen molar-refractivity contribution in [1.29, 1.82) is 0 Å². The number of aromatic nitrogens is 1. The third-order valence-corrected chi connectivity index (χ3v) is 2.96. The number of Topliss-reactive ketones (excluding diaryl/α,β-unsaturated/α-hetero) is 1. The number of nitrogens with one attached hydrogen (secondary N) is 2. The van der Waals surface area contributed by atoms with Gasteiger partial charge in [0.15, 0.2) is 5.78 Å². The lowest BCUT2D eigenvalue weighted by Gasteiger charge is -2.08. The molecule has 2 aromatic rings. The van der Waals surface area contributed by atoms with Gasteiger partial charge in [0.05, 0.1) is 6.54 Å². The van der Waals surface area contributed by atoms with E-state index in [1.54, 1.807) is 30.6 Å². The molecular weight excluding hydrogens is 266 g/mol. The summed E-state index contributed by atoms with van der Waals surface area (Å²) in [7, 11) is 0. The first-order valence-electron chi connectivity index (χ1n) is 6.65. The van der Waals surface area contributed by atoms with Crippen molar-refractivity contribution in [2.24, 2.45) is 0 Å². The number of hydrogen-bond donors (Lipinski definition) is 2. The monoisotopic (exact) mass is 283 g/mol. The number of carbonyl (C=O) groups is 2. The zero-order valence-electron chi connectivity index (χ0n) is 11.8. The molecule has 2 rings (SSSR count). The zero-order chi connectivity index (χ0) is 15.1. The molecular formula is C16H17N3O2. The van der Waals surface area contributed by atoms with E-state index in [4.69, 9.17) is 0 Å². The van der Waals surface area contributed by atoms with Crippen LogP contribution >= 0.6 is 0 Å². The van der Waals surface area contributed by atoms with Crippen LogP contribution in [0, 0.1) is 0 Å². The van der Waals surface area contributed by atoms with Gasteiger partial charge in [-0.1, -0.05) is 12.1 Å². The van der Waals surface area contributed by atoms with E-state index in [9.17, 15) is 9.59 Å². The molecule has 2 N–H and O–H groups in total. The second kappa shape index (κ2) is 7.19. The summed E-state index contributed by atoms with van der Waals surface area (Å²) in [4.78, 5) is 27.0. The van der Waals surface area contributed by atoms with Gasteiger partial charge in [0.1, 0.15) is 0 Å². The normalized spacial score (nSPS) is 9.95. The Morgan fingerprint density at radius 3 is 2.62 bits per heavy atom. The lowest BCUT2D eigenvalue weighted by Crippen LogP contribution is -2.29. The predicted molar refractivity (Wildman–Crippen MR) is 81.0 cm³/mol. The molecule has 0 saturated heterocycles. The van der Waals surface area contributed by atoms with Crippen molar-refractivity contribution >= 4 is 17.4 Å². The van der Waals surface area contributed by atoms with Crippen molar-refractivity contribution in [1.82, 2.24) is 10.3 Å². The zero-order valence-corrected chi connectivity index (χ0v) is 11.8. The second-order valence-electron chi connectivity index (χ2n) is 4.62. The third kappa shape index (κ3) is 4.72. The second-order valence-corrected chi connectivity index (χ2v) is 4.62. The van der Waals surface area contributed by atoms with Gasteiger partial charge in [-0.25, -0.2) is 0 Å². The predicted octanol–water partition coefficient (Wildman–Crippen LogP) is 2.01. The Morgan fingerprint density at radius 1 is 1.14 bits per heavy atom. The van der Waals surface area contributed by atoms with Gasteiger partial charge in [0.25, 0.3) is 0 Å². The SMILES string of the molecule is CC(=O)c1cccc(NCC(=O)NCc2ccncc2)c1. The Hall–Kier alpha value is -2.69. The van der Waals surface area contributed by atoms with Gasteiger partial charge in [0.2, 0.25) is 5.91 Å². The first kappa shape index (κ1) is 14.7. The standard InChI is InChI=1S/C16H17N3O2/c1-12(20)14-3-2-4-15(9-14)18-11-16(21)19-10-13-5-7-17-8-6-13/h2-9,18H,10-11H2,1H3,(H,19,21). The van der Waals surface area contributed by atoms with Crippen LogP contribution in [-0.4, -0.2) is 23.2 Å². The maximum atomic E-state index is 11.8. The number of carbonyl (C=O) groups excluding carboxylic acids is 2. The van der Waals surface area contributed by atoms with Gasteiger partial charge < -0.3 is 10.6 Å². The highest BCUT2D eigenvalue weighted by molar-refractivity contribution is 5.95. The number of anilines is 1. The van der Waals surface area contributed by atoms with Crippen LogP contribution in [-0.2, 0) is 11.3 Å². The average molecular weight is 283 g/mol. The van der Waals surface area contributed by atoms with Crippen molar-refractivity contribution in [2.75, 3.05) is 11.9 Å². The molecule has 0 aliphatic heterocycles. The molecule has 0 radical (unpaired) electrons. The van der Waals surface area contributed by atoms with Crippen LogP contribution in [0.2, 0.25) is 0 Å². The van der Waals surface area contributed by atoms with Gasteiger partial charge in [-0.3, -0.25) is 14.6 Å². The first-order valence-corrected chi connectivity index (χ1v) is 6.65. The van der Waals surface area contributed by atoms with E-state index in [1.165, 1.54) is 6.92 Å². The van der Waals surface area contributed by atoms with Crippen molar-refractivity contribution in [2.45, 2.75) is 13.5 Å². The molecule has 5 heteroatoms. The minimum absolute atomic E-state index is 0.000730. The minimum Gasteiger partial charge on any atom is -0.376 e. The molecule has 0 aliphatic rings. The van der Waals surface area contributed by atoms with Crippen LogP contribution in [0.3, 0.4) is 0 Å². The Kier molecular flexibility index (Phi) is 5.04. The molecule has 0 aliphatic carbocycles. The van der Waals surface area contributed by atoms with E-state index in [0.717, 1.165) is 11.3 Å². The molecule has 0 saturated carbocycles. The highest BCUT2D eigenvalue weighted by Crippen LogP contribution is 2.10. The molecule has 5 nitrogen and oxygen atoms in total. The van der Waals surface area contributed by atoms with Crippen LogP contribution in [0.1, 0.15) is 22.8 Å². The molecule has 0 spiro atoms. The largest absolute Gasteiger partial charge is 0.376 e. The summed E-state index contributed by atoms with van der Waals surface area (Å²) in [5.74, 6) is -0.110. The summed E-state index contributed by atoms with van der Waals surface area (Å²) in [5, 5.41) is 5.81. The maximum Gasteiger partial charge on any atom is 0.239 e. The summed E-state index contributed by atoms with van der Waals surface area (Å²) in [6.07, 6.45) is 3.37. The van der Waals surface area contributed by atoms with Crippen molar-refractivity contribution in [3.8, 4) is 0 Å². The Morgan fingerprint density at radius 2 is 1.90 bits per heavy atom. The minimum atomic E-state index is -0.111. The van der Waals surface area contributed by atoms with Gasteiger partial charge >= 0.3 is 0 Å². The van der Waals surface area contributed by atoms with E-state index in [0.29, 0.717) is 12.1 Å². The summed E-state index contributed by atoms with van der Waals surface area (Å²) >= 11 is 0. The first-order chi connectivity index (χ1) is 10.1. The molecule has 0 atom stereocenters. The molecule has 108 valence electrons. The fraction of sp³-hybridized carbons (Fsp3) is 0.188. The number of ketones is 1. The van der Waals surface area contributed by atoms with Crippen molar-refractivity contribution in [3.63, 3.8) is 0 Å². The Bertz CT molecular complexity index is 626. The molecule has 0 fully saturated rings. The van der Waals surface area contributed by atoms with E-state index >= 15 is 0 Å². The number of nitrogens with zero attached hydrogens (tertiary/aromatic N) is 1. The lowest BCUT2D eigenvalue weighted by atomic mass is 10.1. The molecule has 1 heterocycles. The summed E-state index contributed by atoms with van der Waals surface area (Å²) in [6.45, 7) is 2.14. The summed E-state index contributed by atoms with van der Waals surface area (Å²) < 4.78 is 0. The van der Waals surface area contributed by atoms with Crippen molar-refractivity contribution < 1.29 is 9.59 Å². The van der Waals surface area contributed by atoms with E-state index in [1.807, 2.05) is 18.2 Å². The molecule has 0 bridgehead atoms. The topological polar surface area (TPSA) is 71.1 Å². The van der Waals surface area contributed by atoms with Crippen molar-refractivity contribution in [3.05, 3.63) is 59.9 Å². The van der Waals surface area contributed by atoms with Crippen LogP contribution in [0.4, 0.5) is 5.69 Å². The van der Waals surface area contributed by atoms with Crippen LogP contribution in [0.25, 0.3) is 0 Å². The molecule has 1 aromatic carbocycles. The van der Waals surface area contributed by atoms with E-state index in [-0.39, 0.29) is 18.2 Å². The fourth-order valence-corrected chi connectivity index (χ4v) is 1.79. The highest BCUT2D eigenvalue weighted by Gasteiger charge is 2.03. The van der Waals surface area contributed by atoms with Gasteiger partial charge in [-0.2, -0.15) is 0 Å². The molecule has 0 unspecified atom stereocenters. The van der Waals surface area contributed by atoms with Gasteiger partial charge in [-0.15, -0.1) is 0 Å². The number of rotatable bonds is 6. The Labute approximate surface area is 123 Å². The van der Waals surface area contributed by atoms with Crippen LogP contribution in [0.15, 0.2) is 48.8 Å². The maximum absolute atomic E-state index is 11.8. The number of benzene rings is 1. The quantitative estimate of drug-likeness (QED) is 0.796. The summed E-state index contributed by atoms with van der Waals surface area (Å²) in [6, 6.07) is 10.8. The summed E-state index contributed by atoms with van der Waals surface area (Å²) in [5.41, 5.74) is 2.37. The number of pyridine rings is 1.